The average molecular weight is 491 g/mol. The molecule has 1 fully saturated rings. The van der Waals surface area contributed by atoms with Crippen LogP contribution in [0.5, 0.6) is 5.75 Å². The molecule has 1 saturated heterocycles. The summed E-state index contributed by atoms with van der Waals surface area (Å²) in [5.74, 6) is -1.05. The molecule has 34 heavy (non-hydrogen) atoms. The number of likely N-dealkylation sites (tertiary alicyclic amines) is 1. The summed E-state index contributed by atoms with van der Waals surface area (Å²) in [6.45, 7) is 4.31. The molecule has 182 valence electrons. The summed E-state index contributed by atoms with van der Waals surface area (Å²) < 4.78 is 35.7. The lowest BCUT2D eigenvalue weighted by Crippen LogP contribution is -2.40. The van der Waals surface area contributed by atoms with Gasteiger partial charge in [-0.1, -0.05) is 18.9 Å². The minimum absolute atomic E-state index is 0.0869. The third-order valence-electron chi connectivity index (χ3n) is 5.50. The number of carbonyl (C=O) groups is 2. The first-order valence-corrected chi connectivity index (χ1v) is 12.3. The van der Waals surface area contributed by atoms with Crippen LogP contribution in [0, 0.1) is 17.0 Å². The number of nitrogens with zero attached hydrogens (tertiary/aromatic N) is 2. The van der Waals surface area contributed by atoms with E-state index in [1.165, 1.54) is 50.2 Å². The number of hydrogen-bond donors (Lipinski definition) is 0. The van der Waals surface area contributed by atoms with Crippen molar-refractivity contribution in [3.63, 3.8) is 0 Å². The van der Waals surface area contributed by atoms with Crippen molar-refractivity contribution in [2.45, 2.75) is 50.5 Å². The van der Waals surface area contributed by atoms with Gasteiger partial charge in [-0.05, 0) is 56.5 Å². The monoisotopic (exact) mass is 490 g/mol. The molecule has 0 N–H and O–H groups in total. The van der Waals surface area contributed by atoms with E-state index in [0.717, 1.165) is 31.7 Å². The van der Waals surface area contributed by atoms with Gasteiger partial charge in [0.15, 0.2) is 6.10 Å². The van der Waals surface area contributed by atoms with E-state index < -0.39 is 27.1 Å². The van der Waals surface area contributed by atoms with Gasteiger partial charge in [0, 0.05) is 25.2 Å². The molecule has 1 aliphatic rings. The van der Waals surface area contributed by atoms with Crippen molar-refractivity contribution in [1.82, 2.24) is 4.90 Å². The Balaban J connectivity index is 1.66. The second-order valence-corrected chi connectivity index (χ2v) is 9.57. The highest BCUT2D eigenvalue weighted by atomic mass is 32.2. The Hall–Kier alpha value is -3.47. The third-order valence-corrected chi connectivity index (χ3v) is 6.89. The van der Waals surface area contributed by atoms with Crippen molar-refractivity contribution >= 4 is 27.7 Å². The van der Waals surface area contributed by atoms with Gasteiger partial charge in [-0.3, -0.25) is 14.9 Å². The highest BCUT2D eigenvalue weighted by Crippen LogP contribution is 2.25. The maximum atomic E-state index is 12.6. The summed E-state index contributed by atoms with van der Waals surface area (Å²) >= 11 is 0. The zero-order chi connectivity index (χ0) is 24.9. The van der Waals surface area contributed by atoms with Crippen molar-refractivity contribution in [3.8, 4) is 5.75 Å². The number of aryl methyl sites for hydroxylation is 1. The molecule has 0 aromatic heterocycles. The molecule has 0 bridgehead atoms. The van der Waals surface area contributed by atoms with E-state index in [2.05, 4.69) is 0 Å². The summed E-state index contributed by atoms with van der Waals surface area (Å²) in [5, 5.41) is 11.0. The normalized spacial score (nSPS) is 15.2. The fourth-order valence-corrected chi connectivity index (χ4v) is 4.80. The standard InChI is InChI=1S/C23H26N2O8S/c1-16-7-10-19(25(28)29)15-21(16)34(30,31)33-20-11-8-18(9-12-20)23(27)32-17(2)22(26)24-13-5-3-4-6-14-24/h7-12,15,17H,3-6,13-14H2,1-2H3. The molecule has 11 heteroatoms. The first kappa shape index (κ1) is 25.2. The highest BCUT2D eigenvalue weighted by Gasteiger charge is 2.26. The topological polar surface area (TPSA) is 133 Å². The van der Waals surface area contributed by atoms with Crippen molar-refractivity contribution in [1.29, 1.82) is 0 Å². The molecule has 1 aliphatic heterocycles. The molecule has 2 aromatic rings. The number of hydrogen-bond acceptors (Lipinski definition) is 8. The van der Waals surface area contributed by atoms with Gasteiger partial charge in [0.2, 0.25) is 0 Å². The fourth-order valence-electron chi connectivity index (χ4n) is 3.62. The lowest BCUT2D eigenvalue weighted by molar-refractivity contribution is -0.385. The number of amides is 1. The summed E-state index contributed by atoms with van der Waals surface area (Å²) in [5.41, 5.74) is 0.0235. The maximum Gasteiger partial charge on any atom is 0.339 e. The summed E-state index contributed by atoms with van der Waals surface area (Å²) in [7, 11) is -4.35. The van der Waals surface area contributed by atoms with Crippen LogP contribution in [0.2, 0.25) is 0 Å². The summed E-state index contributed by atoms with van der Waals surface area (Å²) in [4.78, 5) is 36.7. The minimum Gasteiger partial charge on any atom is -0.449 e. The van der Waals surface area contributed by atoms with Crippen molar-refractivity contribution < 1.29 is 31.9 Å². The Morgan fingerprint density at radius 3 is 2.24 bits per heavy atom. The maximum absolute atomic E-state index is 12.6. The molecule has 0 spiro atoms. The van der Waals surface area contributed by atoms with Crippen LogP contribution < -0.4 is 4.18 Å². The third kappa shape index (κ3) is 6.10. The van der Waals surface area contributed by atoms with E-state index in [9.17, 15) is 28.1 Å². The Bertz CT molecular complexity index is 1170. The zero-order valence-corrected chi connectivity index (χ0v) is 19.7. The quantitative estimate of drug-likeness (QED) is 0.249. The number of nitro benzene ring substituents is 1. The first-order chi connectivity index (χ1) is 16.1. The van der Waals surface area contributed by atoms with E-state index in [0.29, 0.717) is 13.1 Å². The lowest BCUT2D eigenvalue weighted by atomic mass is 10.2. The Kier molecular flexibility index (Phi) is 7.87. The molecule has 1 atom stereocenters. The molecule has 0 saturated carbocycles. The second kappa shape index (κ2) is 10.6. The largest absolute Gasteiger partial charge is 0.449 e. The molecule has 1 amide bonds. The van der Waals surface area contributed by atoms with Gasteiger partial charge in [0.25, 0.3) is 11.6 Å². The van der Waals surface area contributed by atoms with E-state index in [-0.39, 0.29) is 33.4 Å². The smallest absolute Gasteiger partial charge is 0.339 e. The number of ether oxygens (including phenoxy) is 1. The number of rotatable bonds is 7. The van der Waals surface area contributed by atoms with Crippen LogP contribution in [0.15, 0.2) is 47.4 Å². The SMILES string of the molecule is Cc1ccc([N+](=O)[O-])cc1S(=O)(=O)Oc1ccc(C(=O)OC(C)C(=O)N2CCCCCC2)cc1. The van der Waals surface area contributed by atoms with E-state index in [1.807, 2.05) is 0 Å². The molecule has 2 aromatic carbocycles. The van der Waals surface area contributed by atoms with E-state index in [4.69, 9.17) is 8.92 Å². The molecule has 1 unspecified atom stereocenters. The van der Waals surface area contributed by atoms with Gasteiger partial charge < -0.3 is 13.8 Å². The van der Waals surface area contributed by atoms with E-state index >= 15 is 0 Å². The van der Waals surface area contributed by atoms with Crippen LogP contribution in [0.3, 0.4) is 0 Å². The van der Waals surface area contributed by atoms with Gasteiger partial charge in [-0.2, -0.15) is 8.42 Å². The van der Waals surface area contributed by atoms with Crippen LogP contribution in [0.25, 0.3) is 0 Å². The van der Waals surface area contributed by atoms with Gasteiger partial charge in [-0.15, -0.1) is 0 Å². The predicted octanol–water partition coefficient (Wildman–Crippen LogP) is 3.62. The molecular formula is C23H26N2O8S. The molecule has 0 radical (unpaired) electrons. The van der Waals surface area contributed by atoms with Crippen molar-refractivity contribution in [3.05, 3.63) is 63.7 Å². The Morgan fingerprint density at radius 1 is 1.03 bits per heavy atom. The second-order valence-electron chi connectivity index (χ2n) is 8.06. The summed E-state index contributed by atoms with van der Waals surface area (Å²) in [6, 6.07) is 8.62. The Morgan fingerprint density at radius 2 is 1.65 bits per heavy atom. The molecule has 10 nitrogen and oxygen atoms in total. The number of benzene rings is 2. The van der Waals surface area contributed by atoms with E-state index in [1.54, 1.807) is 4.90 Å². The van der Waals surface area contributed by atoms with Crippen molar-refractivity contribution in [2.75, 3.05) is 13.1 Å². The highest BCUT2D eigenvalue weighted by molar-refractivity contribution is 7.87. The number of carbonyl (C=O) groups excluding carboxylic acids is 2. The van der Waals surface area contributed by atoms with Crippen LogP contribution in [0.4, 0.5) is 5.69 Å². The lowest BCUT2D eigenvalue weighted by Gasteiger charge is -2.24. The molecule has 0 aliphatic carbocycles. The molecule has 1 heterocycles. The molecular weight excluding hydrogens is 464 g/mol. The van der Waals surface area contributed by atoms with Crippen LogP contribution in [-0.2, 0) is 19.6 Å². The van der Waals surface area contributed by atoms with Gasteiger partial charge in [0.1, 0.15) is 10.6 Å². The number of non-ortho nitro benzene ring substituents is 1. The van der Waals surface area contributed by atoms with Gasteiger partial charge in [-0.25, -0.2) is 4.79 Å². The van der Waals surface area contributed by atoms with Crippen LogP contribution >= 0.6 is 0 Å². The van der Waals surface area contributed by atoms with Crippen LogP contribution in [0.1, 0.15) is 48.5 Å². The average Bonchev–Trinajstić information content (AvgIpc) is 3.08. The van der Waals surface area contributed by atoms with Crippen molar-refractivity contribution in [2.24, 2.45) is 0 Å². The summed E-state index contributed by atoms with van der Waals surface area (Å²) in [6.07, 6.45) is 3.05. The Labute approximate surface area is 197 Å². The number of nitro groups is 1. The van der Waals surface area contributed by atoms with Crippen LogP contribution in [-0.4, -0.2) is 49.3 Å². The van der Waals surface area contributed by atoms with Gasteiger partial charge >= 0.3 is 16.1 Å². The zero-order valence-electron chi connectivity index (χ0n) is 18.9. The minimum atomic E-state index is -4.35. The van der Waals surface area contributed by atoms with Gasteiger partial charge in [0.05, 0.1) is 10.5 Å². The molecule has 3 rings (SSSR count). The first-order valence-electron chi connectivity index (χ1n) is 10.9. The fraction of sp³-hybridized carbons (Fsp3) is 0.391. The number of esters is 1. The predicted molar refractivity (Wildman–Crippen MR) is 122 cm³/mol.